The molecule has 3 aromatic heterocycles. The van der Waals surface area contributed by atoms with Gasteiger partial charge in [-0.2, -0.15) is 0 Å². The van der Waals surface area contributed by atoms with Crippen LogP contribution >= 0.6 is 11.3 Å². The summed E-state index contributed by atoms with van der Waals surface area (Å²) < 4.78 is 5.49. The number of aromatic nitrogens is 3. The van der Waals surface area contributed by atoms with E-state index in [-0.39, 0.29) is 24.6 Å². The number of carbonyl (C=O) groups excluding carboxylic acids is 3. The maximum Gasteiger partial charge on any atom is 0.295 e. The van der Waals surface area contributed by atoms with Gasteiger partial charge < -0.3 is 19.5 Å². The molecule has 1 aliphatic rings. The molecule has 0 aliphatic carbocycles. The maximum absolute atomic E-state index is 13.3. The molecule has 184 valence electrons. The lowest BCUT2D eigenvalue weighted by molar-refractivity contribution is -0.127. The van der Waals surface area contributed by atoms with Gasteiger partial charge in [-0.3, -0.25) is 14.4 Å². The average Bonchev–Trinajstić information content (AvgIpc) is 3.60. The third-order valence-electron chi connectivity index (χ3n) is 6.30. The number of fused-ring (bicyclic) bond motifs is 1. The van der Waals surface area contributed by atoms with E-state index in [2.05, 4.69) is 15.0 Å². The van der Waals surface area contributed by atoms with E-state index in [0.717, 1.165) is 16.3 Å². The van der Waals surface area contributed by atoms with Crippen molar-refractivity contribution in [3.05, 3.63) is 65.1 Å². The second kappa shape index (κ2) is 9.90. The normalized spacial score (nSPS) is 13.7. The van der Waals surface area contributed by atoms with Crippen LogP contribution < -0.4 is 4.74 Å². The van der Waals surface area contributed by atoms with Crippen LogP contribution in [0.5, 0.6) is 5.75 Å². The Labute approximate surface area is 211 Å². The van der Waals surface area contributed by atoms with Crippen molar-refractivity contribution in [1.82, 2.24) is 24.8 Å². The van der Waals surface area contributed by atoms with Crippen molar-refractivity contribution in [1.29, 1.82) is 0 Å². The molecule has 5 rings (SSSR count). The Morgan fingerprint density at radius 2 is 1.75 bits per heavy atom. The van der Waals surface area contributed by atoms with Crippen molar-refractivity contribution in [3.8, 4) is 16.3 Å². The number of Topliss-reactive ketones (excluding diaryl/α,β-unsaturated/α-hetero) is 1. The summed E-state index contributed by atoms with van der Waals surface area (Å²) in [5.41, 5.74) is 2.12. The van der Waals surface area contributed by atoms with Crippen LogP contribution in [0.25, 0.3) is 21.5 Å². The minimum absolute atomic E-state index is 0.0790. The van der Waals surface area contributed by atoms with Crippen LogP contribution in [0.3, 0.4) is 0 Å². The van der Waals surface area contributed by atoms with Crippen molar-refractivity contribution in [2.24, 2.45) is 0 Å². The fraction of sp³-hybridized carbons (Fsp3) is 0.269. The van der Waals surface area contributed by atoms with Crippen LogP contribution in [0.4, 0.5) is 0 Å². The van der Waals surface area contributed by atoms with Gasteiger partial charge in [0.25, 0.3) is 17.6 Å². The number of hydrogen-bond donors (Lipinski definition) is 1. The zero-order valence-electron chi connectivity index (χ0n) is 20.0. The quantitative estimate of drug-likeness (QED) is 0.319. The number of nitrogens with one attached hydrogen (secondary N) is 1. The number of aryl methyl sites for hydroxylation is 1. The van der Waals surface area contributed by atoms with Crippen molar-refractivity contribution >= 4 is 39.8 Å². The van der Waals surface area contributed by atoms with Crippen molar-refractivity contribution < 1.29 is 19.1 Å². The highest BCUT2D eigenvalue weighted by atomic mass is 32.1. The van der Waals surface area contributed by atoms with E-state index in [4.69, 9.17) is 4.74 Å². The van der Waals surface area contributed by atoms with Crippen LogP contribution in [0.2, 0.25) is 0 Å². The Bertz CT molecular complexity index is 1440. The summed E-state index contributed by atoms with van der Waals surface area (Å²) in [7, 11) is 1.50. The monoisotopic (exact) mass is 503 g/mol. The van der Waals surface area contributed by atoms with Crippen LogP contribution in [-0.2, 0) is 11.2 Å². The van der Waals surface area contributed by atoms with Gasteiger partial charge in [0.1, 0.15) is 11.4 Å². The molecule has 0 atom stereocenters. The van der Waals surface area contributed by atoms with Crippen LogP contribution in [0.1, 0.15) is 32.6 Å². The molecule has 0 saturated carbocycles. The number of methoxy groups -OCH3 is 1. The second-order valence-corrected chi connectivity index (χ2v) is 9.49. The van der Waals surface area contributed by atoms with E-state index in [1.165, 1.54) is 29.5 Å². The first kappa shape index (κ1) is 23.7. The first-order chi connectivity index (χ1) is 17.5. The van der Waals surface area contributed by atoms with Crippen molar-refractivity contribution in [2.45, 2.75) is 13.3 Å². The SMILES string of the molecule is CCc1ncc(-c2ncc(OC)c3c(C(=O)C(=O)N4CCN(C(=O)c5ccccc5)CC4)c[nH]c23)s1. The van der Waals surface area contributed by atoms with E-state index < -0.39 is 11.7 Å². The Morgan fingerprint density at radius 3 is 2.42 bits per heavy atom. The van der Waals surface area contributed by atoms with Gasteiger partial charge >= 0.3 is 0 Å². The average molecular weight is 504 g/mol. The first-order valence-corrected chi connectivity index (χ1v) is 12.5. The summed E-state index contributed by atoms with van der Waals surface area (Å²) in [6.07, 6.45) is 5.68. The molecule has 1 aromatic carbocycles. The molecule has 0 unspecified atom stereocenters. The van der Waals surface area contributed by atoms with Gasteiger partial charge in [-0.1, -0.05) is 25.1 Å². The number of ketones is 1. The number of carbonyl (C=O) groups is 3. The summed E-state index contributed by atoms with van der Waals surface area (Å²) in [6, 6.07) is 9.04. The fourth-order valence-corrected chi connectivity index (χ4v) is 5.22. The lowest BCUT2D eigenvalue weighted by atomic mass is 10.1. The molecule has 9 nitrogen and oxygen atoms in total. The van der Waals surface area contributed by atoms with Gasteiger partial charge in [0, 0.05) is 44.1 Å². The molecule has 1 fully saturated rings. The summed E-state index contributed by atoms with van der Waals surface area (Å²) in [5.74, 6) is -0.901. The molecule has 0 bridgehead atoms. The molecule has 4 heterocycles. The molecular formula is C26H25N5O4S. The molecule has 10 heteroatoms. The molecule has 0 spiro atoms. The highest BCUT2D eigenvalue weighted by Crippen LogP contribution is 2.36. The molecule has 4 aromatic rings. The summed E-state index contributed by atoms with van der Waals surface area (Å²) in [6.45, 7) is 3.34. The largest absolute Gasteiger partial charge is 0.494 e. The van der Waals surface area contributed by atoms with Gasteiger partial charge in [0.15, 0.2) is 0 Å². The lowest BCUT2D eigenvalue weighted by Gasteiger charge is -2.34. The van der Waals surface area contributed by atoms with Gasteiger partial charge in [0.05, 0.1) is 39.7 Å². The number of amides is 2. The maximum atomic E-state index is 13.3. The third-order valence-corrected chi connectivity index (χ3v) is 7.45. The minimum Gasteiger partial charge on any atom is -0.494 e. The molecular weight excluding hydrogens is 478 g/mol. The van der Waals surface area contributed by atoms with E-state index in [1.54, 1.807) is 29.4 Å². The summed E-state index contributed by atoms with van der Waals surface area (Å²) in [5, 5.41) is 1.50. The number of pyridine rings is 1. The molecule has 1 saturated heterocycles. The highest BCUT2D eigenvalue weighted by molar-refractivity contribution is 7.15. The van der Waals surface area contributed by atoms with Crippen LogP contribution in [0, 0.1) is 0 Å². The second-order valence-electron chi connectivity index (χ2n) is 8.38. The topological polar surface area (TPSA) is 108 Å². The number of piperazine rings is 1. The number of thiazole rings is 1. The number of H-pyrrole nitrogens is 1. The Balaban J connectivity index is 1.37. The standard InChI is InChI=1S/C26H25N5O4S/c1-3-20-27-15-19(36-20)22-23-21(18(35-2)14-29-22)17(13-28-23)24(32)26(34)31-11-9-30(10-12-31)25(33)16-7-5-4-6-8-16/h4-8,13-15,28H,3,9-12H2,1-2H3. The van der Waals surface area contributed by atoms with Crippen LogP contribution in [0.15, 0.2) is 48.9 Å². The number of ether oxygens (including phenoxy) is 1. The van der Waals surface area contributed by atoms with E-state index >= 15 is 0 Å². The predicted octanol–water partition coefficient (Wildman–Crippen LogP) is 3.42. The van der Waals surface area contributed by atoms with E-state index in [1.807, 2.05) is 25.1 Å². The molecule has 36 heavy (non-hydrogen) atoms. The van der Waals surface area contributed by atoms with Gasteiger partial charge in [0.2, 0.25) is 0 Å². The summed E-state index contributed by atoms with van der Waals surface area (Å²) in [4.78, 5) is 55.4. The number of hydrogen-bond acceptors (Lipinski definition) is 7. The molecule has 2 amide bonds. The van der Waals surface area contributed by atoms with Crippen LogP contribution in [-0.4, -0.2) is 75.6 Å². The zero-order valence-corrected chi connectivity index (χ0v) is 20.8. The highest BCUT2D eigenvalue weighted by Gasteiger charge is 2.31. The first-order valence-electron chi connectivity index (χ1n) is 11.7. The Kier molecular flexibility index (Phi) is 6.51. The van der Waals surface area contributed by atoms with Gasteiger partial charge in [-0.15, -0.1) is 11.3 Å². The fourth-order valence-electron chi connectivity index (χ4n) is 4.36. The lowest BCUT2D eigenvalue weighted by Crippen LogP contribution is -2.52. The zero-order chi connectivity index (χ0) is 25.2. The van der Waals surface area contributed by atoms with Crippen molar-refractivity contribution in [2.75, 3.05) is 33.3 Å². The summed E-state index contributed by atoms with van der Waals surface area (Å²) >= 11 is 1.54. The Morgan fingerprint density at radius 1 is 1.03 bits per heavy atom. The third kappa shape index (κ3) is 4.24. The minimum atomic E-state index is -0.627. The van der Waals surface area contributed by atoms with Gasteiger partial charge in [-0.25, -0.2) is 9.97 Å². The number of rotatable bonds is 6. The predicted molar refractivity (Wildman–Crippen MR) is 136 cm³/mol. The van der Waals surface area contributed by atoms with Crippen molar-refractivity contribution in [3.63, 3.8) is 0 Å². The molecule has 1 N–H and O–H groups in total. The van der Waals surface area contributed by atoms with Gasteiger partial charge in [-0.05, 0) is 18.6 Å². The van der Waals surface area contributed by atoms with E-state index in [0.29, 0.717) is 41.0 Å². The number of aromatic amines is 1. The molecule has 1 aliphatic heterocycles. The number of benzene rings is 1. The Hall–Kier alpha value is -4.05. The number of nitrogens with zero attached hydrogens (tertiary/aromatic N) is 4. The molecule has 0 radical (unpaired) electrons. The smallest absolute Gasteiger partial charge is 0.295 e. The van der Waals surface area contributed by atoms with E-state index in [9.17, 15) is 14.4 Å².